The molecule has 2 bridgehead atoms. The highest BCUT2D eigenvalue weighted by atomic mass is 16.7. The van der Waals surface area contributed by atoms with Crippen molar-refractivity contribution in [3.8, 4) is 0 Å². The monoisotopic (exact) mass is 865 g/mol. The van der Waals surface area contributed by atoms with Crippen LogP contribution in [0.2, 0.25) is 0 Å². The summed E-state index contributed by atoms with van der Waals surface area (Å²) >= 11 is 0. The maximum Gasteiger partial charge on any atom is 0.331 e. The van der Waals surface area contributed by atoms with Gasteiger partial charge in [-0.25, -0.2) is 9.78 Å². The van der Waals surface area contributed by atoms with Crippen molar-refractivity contribution in [2.45, 2.75) is 135 Å². The molecule has 0 unspecified atom stereocenters. The molecule has 0 aliphatic carbocycles. The average Bonchev–Trinajstić information content (AvgIpc) is 3.71. The summed E-state index contributed by atoms with van der Waals surface area (Å²) in [6.45, 7) is 13.0. The highest BCUT2D eigenvalue weighted by molar-refractivity contribution is 5.82. The summed E-state index contributed by atoms with van der Waals surface area (Å²) in [5.41, 5.74) is 1.56. The van der Waals surface area contributed by atoms with Crippen LogP contribution in [0.3, 0.4) is 0 Å². The van der Waals surface area contributed by atoms with Gasteiger partial charge >= 0.3 is 5.97 Å². The number of carbonyl (C=O) groups excluding carboxylic acids is 1. The van der Waals surface area contributed by atoms with E-state index in [0.29, 0.717) is 18.0 Å². The van der Waals surface area contributed by atoms with E-state index in [0.717, 1.165) is 5.57 Å². The number of hydrogen-bond acceptors (Lipinski definition) is 13. The van der Waals surface area contributed by atoms with E-state index in [1.165, 1.54) is 20.3 Å². The Morgan fingerprint density at radius 1 is 0.790 bits per heavy atom. The number of cyclic esters (lactones) is 1. The van der Waals surface area contributed by atoms with Crippen molar-refractivity contribution in [1.82, 2.24) is 4.98 Å². The van der Waals surface area contributed by atoms with Gasteiger partial charge in [0.15, 0.2) is 12.2 Å². The summed E-state index contributed by atoms with van der Waals surface area (Å²) < 4.78 is 41.4. The number of oxazole rings is 1. The number of fused-ring (bicyclic) bond motifs is 2. The Balaban J connectivity index is 1.96. The minimum atomic E-state index is -0.903. The van der Waals surface area contributed by atoms with Crippen LogP contribution < -0.4 is 0 Å². The molecule has 4 N–H and O–H groups in total. The van der Waals surface area contributed by atoms with Gasteiger partial charge in [-0.15, -0.1) is 0 Å². The Morgan fingerprint density at radius 3 is 2.08 bits per heavy atom. The first-order valence-corrected chi connectivity index (χ1v) is 21.4. The summed E-state index contributed by atoms with van der Waals surface area (Å²) in [6, 6.07) is 0. The maximum atomic E-state index is 13.0. The minimum absolute atomic E-state index is 0.141. The number of aromatic nitrogens is 1. The van der Waals surface area contributed by atoms with Crippen molar-refractivity contribution in [3.05, 3.63) is 121 Å². The molecule has 0 radical (unpaired) electrons. The summed E-state index contributed by atoms with van der Waals surface area (Å²) in [6.07, 6.45) is 24.8. The Hall–Kier alpha value is -4.02. The number of esters is 1. The molecule has 3 rings (SSSR count). The van der Waals surface area contributed by atoms with Gasteiger partial charge in [-0.3, -0.25) is 0 Å². The van der Waals surface area contributed by atoms with Crippen LogP contribution in [0.15, 0.2) is 113 Å². The number of rotatable bonds is 9. The quantitative estimate of drug-likeness (QED) is 0.189. The molecule has 0 aromatic carbocycles. The van der Waals surface area contributed by atoms with Crippen molar-refractivity contribution in [2.24, 2.45) is 17.8 Å². The lowest BCUT2D eigenvalue weighted by Crippen LogP contribution is -2.59. The van der Waals surface area contributed by atoms with Crippen molar-refractivity contribution >= 4 is 12.0 Å². The molecule has 1 fully saturated rings. The standard InChI is InChI=1S/C49H71NO12/c1-31-21-15-11-14-18-26-43(54)62-45(35(5)40(53)28-34(4)51)32(2)22-16-12-13-17-24-39(52)29-42(56-8)36(6)48-50-38(30-59-48)23-19-20-25-41(33(3)27-31)61-49-47(58-10)46(57-9)44(55)37(7)60-49/h11-27,30,32-37,39-42,44-47,49,51-53,55H,28-29H2,1-10H3/b13-12-,14-11-,21-15-,22-16-,23-19-,24-17-,25-20-,26-18-,31-27-/t32-,33-,34+,35+,36-,37+,39-,40+,41+,42+,44+,45-,46-,47+,49+/m0/s1. The third kappa shape index (κ3) is 16.9. The number of hydrogen-bond donors (Lipinski definition) is 4. The second-order valence-electron chi connectivity index (χ2n) is 16.2. The molecule has 62 heavy (non-hydrogen) atoms. The lowest BCUT2D eigenvalue weighted by molar-refractivity contribution is -0.310. The average molecular weight is 866 g/mol. The van der Waals surface area contributed by atoms with Crippen LogP contribution in [-0.2, 0) is 33.2 Å². The predicted octanol–water partition coefficient (Wildman–Crippen LogP) is 6.88. The Morgan fingerprint density at radius 2 is 1.42 bits per heavy atom. The maximum absolute atomic E-state index is 13.0. The molecule has 2 aliphatic rings. The zero-order valence-electron chi connectivity index (χ0n) is 38.0. The van der Waals surface area contributed by atoms with Crippen molar-refractivity contribution in [3.63, 3.8) is 0 Å². The van der Waals surface area contributed by atoms with E-state index in [4.69, 9.17) is 32.8 Å². The third-order valence-electron chi connectivity index (χ3n) is 11.1. The first-order valence-electron chi connectivity index (χ1n) is 21.4. The molecule has 0 saturated carbocycles. The first kappa shape index (κ1) is 52.3. The topological polar surface area (TPSA) is 179 Å². The SMILES string of the molecule is CO[C@H]1[C@@H](O[C@@H]2/C=C\C=C/c3coc(n3)[C@@H](C)[C@H](OC)C[C@@H](O)\C=C/C=C\C=C/[C@H](C)[C@@H]([C@H](C)[C@H](O)C[C@@H](C)O)OC(=O)\C=C/C=C\C=C/C(C)=C\[C@@H]2C)O[C@H](C)[C@@H](O)[C@@H]1OC. The second-order valence-corrected chi connectivity index (χ2v) is 16.2. The summed E-state index contributed by atoms with van der Waals surface area (Å²) in [5, 5.41) is 42.3. The van der Waals surface area contributed by atoms with Gasteiger partial charge in [0.1, 0.15) is 36.4 Å². The fourth-order valence-corrected chi connectivity index (χ4v) is 7.36. The van der Waals surface area contributed by atoms with E-state index in [9.17, 15) is 25.2 Å². The number of ether oxygens (including phenoxy) is 6. The smallest absolute Gasteiger partial charge is 0.331 e. The number of aliphatic hydroxyl groups excluding tert-OH is 4. The van der Waals surface area contributed by atoms with Crippen LogP contribution in [0.4, 0.5) is 0 Å². The van der Waals surface area contributed by atoms with Crippen LogP contribution in [-0.4, -0.2) is 120 Å². The lowest BCUT2D eigenvalue weighted by atomic mass is 9.86. The van der Waals surface area contributed by atoms with Crippen LogP contribution >= 0.6 is 0 Å². The Bertz CT molecular complexity index is 1750. The summed E-state index contributed by atoms with van der Waals surface area (Å²) in [4.78, 5) is 17.7. The van der Waals surface area contributed by atoms with Gasteiger partial charge in [-0.1, -0.05) is 124 Å². The zero-order chi connectivity index (χ0) is 45.8. The van der Waals surface area contributed by atoms with Gasteiger partial charge in [0, 0.05) is 51.6 Å². The van der Waals surface area contributed by atoms with E-state index >= 15 is 0 Å². The third-order valence-corrected chi connectivity index (χ3v) is 11.1. The van der Waals surface area contributed by atoms with Crippen LogP contribution in [0.25, 0.3) is 6.08 Å². The van der Waals surface area contributed by atoms with Gasteiger partial charge < -0.3 is 53.3 Å². The molecule has 13 nitrogen and oxygen atoms in total. The molecule has 344 valence electrons. The first-order chi connectivity index (χ1) is 29.6. The number of aliphatic hydroxyl groups is 4. The number of carbonyl (C=O) groups is 1. The van der Waals surface area contributed by atoms with E-state index in [1.807, 2.05) is 76.3 Å². The van der Waals surface area contributed by atoms with Gasteiger partial charge in [0.05, 0.1) is 42.5 Å². The van der Waals surface area contributed by atoms with Gasteiger partial charge in [-0.2, -0.15) is 0 Å². The molecular weight excluding hydrogens is 795 g/mol. The van der Waals surface area contributed by atoms with Crippen LogP contribution in [0.1, 0.15) is 78.8 Å². The van der Waals surface area contributed by atoms with Gasteiger partial charge in [0.2, 0.25) is 0 Å². The van der Waals surface area contributed by atoms with Crippen LogP contribution in [0.5, 0.6) is 0 Å². The Kier molecular flexibility index (Phi) is 23.0. The number of methoxy groups -OCH3 is 3. The fraction of sp³-hybridized carbons (Fsp3) is 0.551. The number of allylic oxidation sites excluding steroid dienone is 12. The summed E-state index contributed by atoms with van der Waals surface area (Å²) in [7, 11) is 4.63. The second kappa shape index (κ2) is 27.2. The Labute approximate surface area is 368 Å². The van der Waals surface area contributed by atoms with Gasteiger partial charge in [-0.05, 0) is 33.3 Å². The van der Waals surface area contributed by atoms with E-state index in [-0.39, 0.29) is 30.3 Å². The molecule has 3 heterocycles. The molecule has 1 aromatic heterocycles. The number of nitrogens with zero attached hydrogens (tertiary/aromatic N) is 1. The van der Waals surface area contributed by atoms with E-state index < -0.39 is 73.1 Å². The highest BCUT2D eigenvalue weighted by Crippen LogP contribution is 2.30. The van der Waals surface area contributed by atoms with Crippen molar-refractivity contribution in [1.29, 1.82) is 0 Å². The molecule has 15 atom stereocenters. The predicted molar refractivity (Wildman–Crippen MR) is 240 cm³/mol. The molecule has 1 saturated heterocycles. The highest BCUT2D eigenvalue weighted by Gasteiger charge is 2.46. The molecule has 0 amide bonds. The van der Waals surface area contributed by atoms with Crippen LogP contribution in [0, 0.1) is 17.8 Å². The van der Waals surface area contributed by atoms with Crippen molar-refractivity contribution in [2.75, 3.05) is 21.3 Å². The van der Waals surface area contributed by atoms with E-state index in [1.54, 1.807) is 76.7 Å². The minimum Gasteiger partial charge on any atom is -0.458 e. The lowest BCUT2D eigenvalue weighted by Gasteiger charge is -2.43. The summed E-state index contributed by atoms with van der Waals surface area (Å²) in [5.74, 6) is -1.26. The normalized spacial score (nSPS) is 37.7. The van der Waals surface area contributed by atoms with E-state index in [2.05, 4.69) is 11.1 Å². The largest absolute Gasteiger partial charge is 0.458 e. The zero-order valence-corrected chi connectivity index (χ0v) is 38.0. The van der Waals surface area contributed by atoms with Crippen molar-refractivity contribution < 1.29 is 58.1 Å². The molecule has 2 aliphatic heterocycles. The molecular formula is C49H71NO12. The molecule has 0 spiro atoms. The molecule has 1 aromatic rings. The fourth-order valence-electron chi connectivity index (χ4n) is 7.36. The van der Waals surface area contributed by atoms with Gasteiger partial charge in [0.25, 0.3) is 0 Å². The molecule has 13 heteroatoms.